The van der Waals surface area contributed by atoms with E-state index in [0.29, 0.717) is 0 Å². The SMILES string of the molecule is CC/C(C)=C(\C)c1ccc(NC)cc1. The number of hydrogen-bond donors (Lipinski definition) is 1. The van der Waals surface area contributed by atoms with Crippen molar-refractivity contribution < 1.29 is 0 Å². The van der Waals surface area contributed by atoms with Gasteiger partial charge in [0.2, 0.25) is 0 Å². The lowest BCUT2D eigenvalue weighted by Crippen LogP contribution is -1.89. The number of benzene rings is 1. The van der Waals surface area contributed by atoms with Gasteiger partial charge in [0, 0.05) is 12.7 Å². The van der Waals surface area contributed by atoms with Crippen molar-refractivity contribution in [2.75, 3.05) is 12.4 Å². The molecule has 0 aliphatic rings. The Kier molecular flexibility index (Phi) is 3.75. The molecule has 0 aliphatic carbocycles. The Hall–Kier alpha value is -1.24. The summed E-state index contributed by atoms with van der Waals surface area (Å²) in [7, 11) is 1.94. The van der Waals surface area contributed by atoms with Gasteiger partial charge in [-0.15, -0.1) is 0 Å². The average Bonchev–Trinajstić information content (AvgIpc) is 2.27. The third-order valence-electron chi connectivity index (χ3n) is 2.78. The van der Waals surface area contributed by atoms with Gasteiger partial charge in [-0.3, -0.25) is 0 Å². The molecule has 1 heteroatoms. The summed E-state index contributed by atoms with van der Waals surface area (Å²) in [6.07, 6.45) is 1.12. The first kappa shape index (κ1) is 10.8. The van der Waals surface area contributed by atoms with E-state index >= 15 is 0 Å². The second kappa shape index (κ2) is 4.85. The summed E-state index contributed by atoms with van der Waals surface area (Å²) < 4.78 is 0. The fourth-order valence-corrected chi connectivity index (χ4v) is 1.40. The van der Waals surface area contributed by atoms with Crippen LogP contribution in [0.4, 0.5) is 5.69 Å². The fourth-order valence-electron chi connectivity index (χ4n) is 1.40. The molecule has 0 spiro atoms. The first-order valence-electron chi connectivity index (χ1n) is 5.13. The van der Waals surface area contributed by atoms with E-state index in [0.717, 1.165) is 12.1 Å². The fraction of sp³-hybridized carbons (Fsp3) is 0.385. The minimum Gasteiger partial charge on any atom is -0.388 e. The van der Waals surface area contributed by atoms with Crippen molar-refractivity contribution in [3.8, 4) is 0 Å². The standard InChI is InChI=1S/C13H19N/c1-5-10(2)11(3)12-6-8-13(14-4)9-7-12/h6-9,14H,5H2,1-4H3/b11-10+. The summed E-state index contributed by atoms with van der Waals surface area (Å²) in [4.78, 5) is 0. The van der Waals surface area contributed by atoms with Crippen molar-refractivity contribution in [1.29, 1.82) is 0 Å². The van der Waals surface area contributed by atoms with Crippen molar-refractivity contribution in [3.05, 3.63) is 35.4 Å². The van der Waals surface area contributed by atoms with Gasteiger partial charge in [-0.25, -0.2) is 0 Å². The summed E-state index contributed by atoms with van der Waals surface area (Å²) >= 11 is 0. The Balaban J connectivity index is 2.98. The highest BCUT2D eigenvalue weighted by Gasteiger charge is 1.98. The van der Waals surface area contributed by atoms with Crippen molar-refractivity contribution in [2.45, 2.75) is 27.2 Å². The molecule has 0 heterocycles. The van der Waals surface area contributed by atoms with E-state index in [1.54, 1.807) is 0 Å². The Morgan fingerprint density at radius 2 is 1.71 bits per heavy atom. The van der Waals surface area contributed by atoms with Crippen molar-refractivity contribution in [1.82, 2.24) is 0 Å². The van der Waals surface area contributed by atoms with Gasteiger partial charge in [-0.1, -0.05) is 24.6 Å². The van der Waals surface area contributed by atoms with Gasteiger partial charge in [0.05, 0.1) is 0 Å². The topological polar surface area (TPSA) is 12.0 Å². The molecule has 0 radical (unpaired) electrons. The molecule has 76 valence electrons. The molecule has 1 N–H and O–H groups in total. The molecule has 1 nitrogen and oxygen atoms in total. The molecule has 1 aromatic rings. The predicted molar refractivity (Wildman–Crippen MR) is 64.5 cm³/mol. The molecular formula is C13H19N. The molecule has 0 fully saturated rings. The van der Waals surface area contributed by atoms with Crippen molar-refractivity contribution in [3.63, 3.8) is 0 Å². The quantitative estimate of drug-likeness (QED) is 0.759. The van der Waals surface area contributed by atoms with E-state index in [1.807, 2.05) is 7.05 Å². The first-order chi connectivity index (χ1) is 6.69. The first-order valence-corrected chi connectivity index (χ1v) is 5.13. The van der Waals surface area contributed by atoms with E-state index < -0.39 is 0 Å². The third-order valence-corrected chi connectivity index (χ3v) is 2.78. The second-order valence-corrected chi connectivity index (χ2v) is 3.59. The van der Waals surface area contributed by atoms with Gasteiger partial charge in [0.1, 0.15) is 0 Å². The van der Waals surface area contributed by atoms with Gasteiger partial charge in [0.25, 0.3) is 0 Å². The van der Waals surface area contributed by atoms with Gasteiger partial charge in [0.15, 0.2) is 0 Å². The van der Waals surface area contributed by atoms with E-state index in [4.69, 9.17) is 0 Å². The minimum atomic E-state index is 1.12. The van der Waals surface area contributed by atoms with Crippen LogP contribution in [0.25, 0.3) is 5.57 Å². The third kappa shape index (κ3) is 2.38. The Bertz CT molecular complexity index is 320. The zero-order chi connectivity index (χ0) is 10.6. The highest BCUT2D eigenvalue weighted by Crippen LogP contribution is 2.21. The predicted octanol–water partition coefficient (Wildman–Crippen LogP) is 3.93. The monoisotopic (exact) mass is 189 g/mol. The minimum absolute atomic E-state index is 1.12. The average molecular weight is 189 g/mol. The van der Waals surface area contributed by atoms with Crippen LogP contribution in [0.2, 0.25) is 0 Å². The van der Waals surface area contributed by atoms with Crippen molar-refractivity contribution >= 4 is 11.3 Å². The Morgan fingerprint density at radius 3 is 2.14 bits per heavy atom. The maximum absolute atomic E-state index is 3.12. The van der Waals surface area contributed by atoms with Crippen LogP contribution in [0.3, 0.4) is 0 Å². The smallest absolute Gasteiger partial charge is 0.0337 e. The van der Waals surface area contributed by atoms with Crippen LogP contribution in [0.1, 0.15) is 32.8 Å². The summed E-state index contributed by atoms with van der Waals surface area (Å²) in [5, 5.41) is 3.12. The largest absolute Gasteiger partial charge is 0.388 e. The molecule has 0 saturated heterocycles. The van der Waals surface area contributed by atoms with Gasteiger partial charge < -0.3 is 5.32 Å². The summed E-state index contributed by atoms with van der Waals surface area (Å²) in [6, 6.07) is 8.56. The molecule has 0 bridgehead atoms. The molecule has 0 aromatic heterocycles. The summed E-state index contributed by atoms with van der Waals surface area (Å²) in [6.45, 7) is 6.58. The summed E-state index contributed by atoms with van der Waals surface area (Å²) in [5.74, 6) is 0. The zero-order valence-corrected chi connectivity index (χ0v) is 9.52. The maximum atomic E-state index is 3.12. The van der Waals surface area contributed by atoms with Crippen LogP contribution >= 0.6 is 0 Å². The molecule has 1 rings (SSSR count). The van der Waals surface area contributed by atoms with Gasteiger partial charge in [-0.2, -0.15) is 0 Å². The molecule has 0 unspecified atom stereocenters. The van der Waals surface area contributed by atoms with Crippen molar-refractivity contribution in [2.24, 2.45) is 0 Å². The molecule has 0 aliphatic heterocycles. The normalized spacial score (nSPS) is 12.3. The lowest BCUT2D eigenvalue weighted by molar-refractivity contribution is 1.10. The number of hydrogen-bond acceptors (Lipinski definition) is 1. The lowest BCUT2D eigenvalue weighted by Gasteiger charge is -2.07. The van der Waals surface area contributed by atoms with Gasteiger partial charge in [-0.05, 0) is 43.5 Å². The molecule has 14 heavy (non-hydrogen) atoms. The molecule has 0 atom stereocenters. The Labute approximate surface area is 86.8 Å². The van der Waals surface area contributed by atoms with E-state index in [-0.39, 0.29) is 0 Å². The van der Waals surface area contributed by atoms with Crippen LogP contribution in [0, 0.1) is 0 Å². The van der Waals surface area contributed by atoms with E-state index in [9.17, 15) is 0 Å². The number of allylic oxidation sites excluding steroid dienone is 2. The van der Waals surface area contributed by atoms with E-state index in [2.05, 4.69) is 50.4 Å². The summed E-state index contributed by atoms with van der Waals surface area (Å²) in [5.41, 5.74) is 5.34. The number of anilines is 1. The maximum Gasteiger partial charge on any atom is 0.0337 e. The van der Waals surface area contributed by atoms with Gasteiger partial charge >= 0.3 is 0 Å². The number of nitrogens with one attached hydrogen (secondary N) is 1. The van der Waals surface area contributed by atoms with E-state index in [1.165, 1.54) is 16.7 Å². The number of rotatable bonds is 3. The molecule has 0 saturated carbocycles. The van der Waals surface area contributed by atoms with Crippen LogP contribution < -0.4 is 5.32 Å². The lowest BCUT2D eigenvalue weighted by atomic mass is 10.0. The highest BCUT2D eigenvalue weighted by atomic mass is 14.8. The second-order valence-electron chi connectivity index (χ2n) is 3.59. The van der Waals surface area contributed by atoms with Crippen LogP contribution in [0.5, 0.6) is 0 Å². The van der Waals surface area contributed by atoms with Crippen LogP contribution in [-0.4, -0.2) is 7.05 Å². The van der Waals surface area contributed by atoms with Crippen LogP contribution in [-0.2, 0) is 0 Å². The molecule has 0 amide bonds. The van der Waals surface area contributed by atoms with Crippen LogP contribution in [0.15, 0.2) is 29.8 Å². The zero-order valence-electron chi connectivity index (χ0n) is 9.52. The molecule has 1 aromatic carbocycles. The highest BCUT2D eigenvalue weighted by molar-refractivity contribution is 5.68. The Morgan fingerprint density at radius 1 is 1.14 bits per heavy atom. The molecular weight excluding hydrogens is 170 g/mol.